The molecule has 84 valence electrons. The Morgan fingerprint density at radius 1 is 1.25 bits per heavy atom. The van der Waals surface area contributed by atoms with Crippen LogP contribution in [0.4, 0.5) is 13.8 Å². The molecule has 0 saturated carbocycles. The van der Waals surface area contributed by atoms with Crippen LogP contribution in [0.3, 0.4) is 0 Å². The largest absolute Gasteiger partial charge is 0.389 e. The summed E-state index contributed by atoms with van der Waals surface area (Å²) in [6.45, 7) is 1.95. The van der Waals surface area contributed by atoms with E-state index in [1.807, 2.05) is 6.92 Å². The van der Waals surface area contributed by atoms with Gasteiger partial charge in [-0.15, -0.1) is 11.3 Å². The second-order valence-corrected chi connectivity index (χ2v) is 4.45. The molecule has 0 aliphatic rings. The van der Waals surface area contributed by atoms with Crippen LogP contribution < -0.4 is 5.73 Å². The van der Waals surface area contributed by atoms with Crippen LogP contribution in [0.5, 0.6) is 0 Å². The fourth-order valence-electron chi connectivity index (χ4n) is 1.43. The second kappa shape index (κ2) is 4.17. The van der Waals surface area contributed by atoms with Crippen molar-refractivity contribution in [3.05, 3.63) is 34.8 Å². The second-order valence-electron chi connectivity index (χ2n) is 3.33. The Morgan fingerprint density at radius 3 is 2.38 bits per heavy atom. The van der Waals surface area contributed by atoms with E-state index >= 15 is 0 Å². The number of rotatable bonds is 2. The lowest BCUT2D eigenvalue weighted by Gasteiger charge is -1.99. The number of nitrogens with zero attached hydrogens (tertiary/aromatic N) is 1. The van der Waals surface area contributed by atoms with Gasteiger partial charge in [0.15, 0.2) is 0 Å². The molecule has 0 amide bonds. The van der Waals surface area contributed by atoms with Gasteiger partial charge in [0.25, 0.3) is 0 Å². The predicted molar refractivity (Wildman–Crippen MR) is 61.3 cm³/mol. The SMILES string of the molecule is CCc1nc(-c2cc(F)cc(F)c2)c(N)s1. The molecular formula is C11H10F2N2S. The van der Waals surface area contributed by atoms with Crippen molar-refractivity contribution in [2.24, 2.45) is 0 Å². The van der Waals surface area contributed by atoms with Crippen molar-refractivity contribution in [1.29, 1.82) is 0 Å². The summed E-state index contributed by atoms with van der Waals surface area (Å²) in [7, 11) is 0. The molecule has 0 unspecified atom stereocenters. The van der Waals surface area contributed by atoms with Crippen LogP contribution in [0, 0.1) is 11.6 Å². The zero-order valence-corrected chi connectivity index (χ0v) is 9.44. The quantitative estimate of drug-likeness (QED) is 0.875. The van der Waals surface area contributed by atoms with Crippen molar-refractivity contribution < 1.29 is 8.78 Å². The van der Waals surface area contributed by atoms with Gasteiger partial charge in [0, 0.05) is 11.6 Å². The first-order valence-corrected chi connectivity index (χ1v) is 5.63. The predicted octanol–water partition coefficient (Wildman–Crippen LogP) is 3.23. The summed E-state index contributed by atoms with van der Waals surface area (Å²) in [6, 6.07) is 3.29. The monoisotopic (exact) mass is 240 g/mol. The standard InChI is InChI=1S/C11H10F2N2S/c1-2-9-15-10(11(14)16-9)6-3-7(12)5-8(13)4-6/h3-5H,2,14H2,1H3. The summed E-state index contributed by atoms with van der Waals surface area (Å²) in [5, 5.41) is 1.35. The minimum atomic E-state index is -0.625. The Labute approximate surface area is 95.7 Å². The molecule has 1 aromatic heterocycles. The van der Waals surface area contributed by atoms with Gasteiger partial charge in [0.05, 0.1) is 5.01 Å². The van der Waals surface area contributed by atoms with E-state index in [-0.39, 0.29) is 0 Å². The van der Waals surface area contributed by atoms with E-state index in [9.17, 15) is 8.78 Å². The number of aryl methyl sites for hydroxylation is 1. The van der Waals surface area contributed by atoms with Gasteiger partial charge in [0.1, 0.15) is 22.3 Å². The van der Waals surface area contributed by atoms with Crippen LogP contribution in [0.1, 0.15) is 11.9 Å². The third kappa shape index (κ3) is 2.04. The molecule has 0 saturated heterocycles. The van der Waals surface area contributed by atoms with Gasteiger partial charge in [-0.2, -0.15) is 0 Å². The molecule has 2 aromatic rings. The highest BCUT2D eigenvalue weighted by Crippen LogP contribution is 2.31. The van der Waals surface area contributed by atoms with Gasteiger partial charge in [-0.1, -0.05) is 6.92 Å². The number of benzene rings is 1. The Morgan fingerprint density at radius 2 is 1.88 bits per heavy atom. The molecular weight excluding hydrogens is 230 g/mol. The number of halogens is 2. The highest BCUT2D eigenvalue weighted by atomic mass is 32.1. The first-order chi connectivity index (χ1) is 7.60. The first-order valence-electron chi connectivity index (χ1n) is 4.81. The van der Waals surface area contributed by atoms with Crippen LogP contribution in [0.15, 0.2) is 18.2 Å². The fourth-order valence-corrected chi connectivity index (χ4v) is 2.22. The summed E-state index contributed by atoms with van der Waals surface area (Å²) in [4.78, 5) is 4.24. The van der Waals surface area contributed by atoms with Crippen LogP contribution in [-0.4, -0.2) is 4.98 Å². The van der Waals surface area contributed by atoms with Crippen molar-refractivity contribution in [2.75, 3.05) is 5.73 Å². The van der Waals surface area contributed by atoms with Gasteiger partial charge < -0.3 is 5.73 Å². The van der Waals surface area contributed by atoms with Gasteiger partial charge in [-0.05, 0) is 18.6 Å². The van der Waals surface area contributed by atoms with Gasteiger partial charge in [-0.25, -0.2) is 13.8 Å². The number of hydrogen-bond acceptors (Lipinski definition) is 3. The van der Waals surface area contributed by atoms with E-state index in [1.165, 1.54) is 23.5 Å². The van der Waals surface area contributed by atoms with E-state index < -0.39 is 11.6 Å². The molecule has 1 aromatic carbocycles. The molecule has 0 aliphatic carbocycles. The zero-order chi connectivity index (χ0) is 11.7. The zero-order valence-electron chi connectivity index (χ0n) is 8.63. The van der Waals surface area contributed by atoms with Crippen LogP contribution >= 0.6 is 11.3 Å². The molecule has 16 heavy (non-hydrogen) atoms. The van der Waals surface area contributed by atoms with Gasteiger partial charge >= 0.3 is 0 Å². The summed E-state index contributed by atoms with van der Waals surface area (Å²) in [5.74, 6) is -1.25. The molecule has 0 fully saturated rings. The number of aromatic nitrogens is 1. The molecule has 1 heterocycles. The molecule has 2 rings (SSSR count). The average Bonchev–Trinajstić information content (AvgIpc) is 2.58. The lowest BCUT2D eigenvalue weighted by Crippen LogP contribution is -1.89. The van der Waals surface area contributed by atoms with E-state index in [4.69, 9.17) is 5.73 Å². The number of nitrogen functional groups attached to an aromatic ring is 1. The smallest absolute Gasteiger partial charge is 0.126 e. The van der Waals surface area contributed by atoms with Crippen LogP contribution in [0.25, 0.3) is 11.3 Å². The average molecular weight is 240 g/mol. The summed E-state index contributed by atoms with van der Waals surface area (Å²) < 4.78 is 26.1. The van der Waals surface area contributed by atoms with Crippen molar-refractivity contribution in [3.63, 3.8) is 0 Å². The van der Waals surface area contributed by atoms with Crippen molar-refractivity contribution in [1.82, 2.24) is 4.98 Å². The number of nitrogens with two attached hydrogens (primary N) is 1. The molecule has 5 heteroatoms. The summed E-state index contributed by atoms with van der Waals surface area (Å²) >= 11 is 1.34. The molecule has 2 nitrogen and oxygen atoms in total. The molecule has 0 aliphatic heterocycles. The lowest BCUT2D eigenvalue weighted by molar-refractivity contribution is 0.584. The van der Waals surface area contributed by atoms with Gasteiger partial charge in [-0.3, -0.25) is 0 Å². The van der Waals surface area contributed by atoms with Crippen molar-refractivity contribution in [3.8, 4) is 11.3 Å². The molecule has 2 N–H and O–H groups in total. The molecule has 0 radical (unpaired) electrons. The van der Waals surface area contributed by atoms with E-state index in [0.29, 0.717) is 16.3 Å². The van der Waals surface area contributed by atoms with Crippen LogP contribution in [-0.2, 0) is 6.42 Å². The maximum Gasteiger partial charge on any atom is 0.126 e. The lowest BCUT2D eigenvalue weighted by atomic mass is 10.1. The van der Waals surface area contributed by atoms with E-state index in [0.717, 1.165) is 17.5 Å². The normalized spacial score (nSPS) is 10.7. The van der Waals surface area contributed by atoms with Gasteiger partial charge in [0.2, 0.25) is 0 Å². The maximum absolute atomic E-state index is 13.0. The Balaban J connectivity index is 2.53. The number of hydrogen-bond donors (Lipinski definition) is 1. The van der Waals surface area contributed by atoms with E-state index in [1.54, 1.807) is 0 Å². The maximum atomic E-state index is 13.0. The van der Waals surface area contributed by atoms with E-state index in [2.05, 4.69) is 4.98 Å². The number of anilines is 1. The summed E-state index contributed by atoms with van der Waals surface area (Å²) in [6.07, 6.45) is 0.757. The number of thiazole rings is 1. The molecule has 0 spiro atoms. The van der Waals surface area contributed by atoms with Crippen molar-refractivity contribution >= 4 is 16.3 Å². The minimum absolute atomic E-state index is 0.381. The highest BCUT2D eigenvalue weighted by Gasteiger charge is 2.11. The Kier molecular flexibility index (Phi) is 2.87. The van der Waals surface area contributed by atoms with Crippen molar-refractivity contribution in [2.45, 2.75) is 13.3 Å². The topological polar surface area (TPSA) is 38.9 Å². The summed E-state index contributed by atoms with van der Waals surface area (Å²) in [5.41, 5.74) is 6.60. The molecule has 0 atom stereocenters. The Hall–Kier alpha value is -1.49. The highest BCUT2D eigenvalue weighted by molar-refractivity contribution is 7.16. The third-order valence-corrected chi connectivity index (χ3v) is 3.16. The minimum Gasteiger partial charge on any atom is -0.389 e. The Bertz CT molecular complexity index is 502. The first kappa shape index (κ1) is 11.0. The third-order valence-electron chi connectivity index (χ3n) is 2.14. The van der Waals surface area contributed by atoms with Crippen LogP contribution in [0.2, 0.25) is 0 Å². The molecule has 0 bridgehead atoms. The fraction of sp³-hybridized carbons (Fsp3) is 0.182.